The molecule has 1 unspecified atom stereocenters. The van der Waals surface area contributed by atoms with Crippen molar-refractivity contribution in [1.82, 2.24) is 5.32 Å². The van der Waals surface area contributed by atoms with Crippen LogP contribution in [0, 0.1) is 0 Å². The van der Waals surface area contributed by atoms with E-state index in [4.69, 9.17) is 45.0 Å². The van der Waals surface area contributed by atoms with Crippen LogP contribution in [-0.2, 0) is 9.59 Å². The number of aliphatic hydroxyl groups is 4. The van der Waals surface area contributed by atoms with Gasteiger partial charge in [0.05, 0.1) is 13.2 Å². The van der Waals surface area contributed by atoms with E-state index in [1.807, 2.05) is 5.32 Å². The van der Waals surface area contributed by atoms with E-state index in [-0.39, 0.29) is 0 Å². The van der Waals surface area contributed by atoms with Crippen molar-refractivity contribution in [3.63, 3.8) is 0 Å². The van der Waals surface area contributed by atoms with Crippen molar-refractivity contribution in [3.05, 3.63) is 0 Å². The van der Waals surface area contributed by atoms with Crippen molar-refractivity contribution in [2.24, 2.45) is 0 Å². The summed E-state index contributed by atoms with van der Waals surface area (Å²) in [4.78, 5) is 22.3. The van der Waals surface area contributed by atoms with Crippen molar-refractivity contribution < 1.29 is 30.0 Å². The molecule has 18 heavy (non-hydrogen) atoms. The zero-order chi connectivity index (χ0) is 14.5. The van der Waals surface area contributed by atoms with Crippen LogP contribution in [-0.4, -0.2) is 67.4 Å². The van der Waals surface area contributed by atoms with Gasteiger partial charge in [0.15, 0.2) is 5.78 Å². The van der Waals surface area contributed by atoms with E-state index in [2.05, 4.69) is 0 Å². The molecule has 0 aromatic heterocycles. The van der Waals surface area contributed by atoms with Crippen molar-refractivity contribution in [3.8, 4) is 0 Å². The summed E-state index contributed by atoms with van der Waals surface area (Å²) in [5, 5.41) is 37.9. The number of hydrogen-bond donors (Lipinski definition) is 5. The fourth-order valence-corrected chi connectivity index (χ4v) is 1.08. The third kappa shape index (κ3) is 5.66. The first-order valence-corrected chi connectivity index (χ1v) is 5.77. The average molecular weight is 325 g/mol. The molecule has 0 aliphatic rings. The summed E-state index contributed by atoms with van der Waals surface area (Å²) in [6.45, 7) is -1.55. The van der Waals surface area contributed by atoms with E-state index in [0.717, 1.165) is 0 Å². The molecule has 3 atom stereocenters. The summed E-state index contributed by atoms with van der Waals surface area (Å²) in [6, 6.07) is 0. The summed E-state index contributed by atoms with van der Waals surface area (Å²) < 4.78 is -2.26. The Labute approximate surface area is 117 Å². The van der Waals surface area contributed by atoms with Crippen molar-refractivity contribution in [2.45, 2.75) is 22.1 Å². The topological polar surface area (TPSA) is 127 Å². The van der Waals surface area contributed by atoms with Crippen LogP contribution in [0.15, 0.2) is 0 Å². The molecule has 0 aliphatic carbocycles. The molecule has 0 rings (SSSR count). The number of carbonyl (C=O) groups is 2. The van der Waals surface area contributed by atoms with E-state index >= 15 is 0 Å². The van der Waals surface area contributed by atoms with Gasteiger partial charge in [0.1, 0.15) is 18.3 Å². The highest BCUT2D eigenvalue weighted by molar-refractivity contribution is 6.76. The van der Waals surface area contributed by atoms with Gasteiger partial charge >= 0.3 is 0 Å². The zero-order valence-corrected chi connectivity index (χ0v) is 11.2. The smallest absolute Gasteiger partial charge is 0.272 e. The van der Waals surface area contributed by atoms with Crippen LogP contribution in [0.2, 0.25) is 0 Å². The number of rotatable bonds is 6. The number of nitrogens with one attached hydrogen (secondary N) is 1. The van der Waals surface area contributed by atoms with Gasteiger partial charge < -0.3 is 25.7 Å². The maximum atomic E-state index is 11.3. The number of hydrogen-bond acceptors (Lipinski definition) is 6. The number of ketones is 1. The van der Waals surface area contributed by atoms with Crippen LogP contribution in [0.25, 0.3) is 0 Å². The molecule has 0 aliphatic heterocycles. The normalized spacial score (nSPS) is 16.8. The van der Waals surface area contributed by atoms with Crippen molar-refractivity contribution in [1.29, 1.82) is 0 Å². The van der Waals surface area contributed by atoms with Gasteiger partial charge in [-0.1, -0.05) is 34.8 Å². The maximum absolute atomic E-state index is 11.3. The van der Waals surface area contributed by atoms with Crippen molar-refractivity contribution >= 4 is 46.5 Å². The Morgan fingerprint density at radius 3 is 2.06 bits per heavy atom. The molecular formula is C8H12Cl3NO6. The molecule has 0 bridgehead atoms. The lowest BCUT2D eigenvalue weighted by Gasteiger charge is -2.20. The van der Waals surface area contributed by atoms with E-state index in [1.165, 1.54) is 0 Å². The number of alkyl halides is 3. The summed E-state index contributed by atoms with van der Waals surface area (Å²) in [6.07, 6.45) is -5.55. The van der Waals surface area contributed by atoms with Crippen molar-refractivity contribution in [2.75, 3.05) is 13.2 Å². The van der Waals surface area contributed by atoms with Gasteiger partial charge in [-0.05, 0) is 0 Å². The Bertz CT molecular complexity index is 308. The minimum Gasteiger partial charge on any atom is -0.394 e. The summed E-state index contributed by atoms with van der Waals surface area (Å²) >= 11 is 15.6. The molecule has 0 aromatic rings. The molecule has 106 valence electrons. The fraction of sp³-hybridized carbons (Fsp3) is 0.750. The molecule has 10 heteroatoms. The van der Waals surface area contributed by atoms with Crippen LogP contribution < -0.4 is 5.32 Å². The van der Waals surface area contributed by atoms with Crippen LogP contribution in [0.3, 0.4) is 0 Å². The van der Waals surface area contributed by atoms with E-state index < -0.39 is 46.9 Å². The quantitative estimate of drug-likeness (QED) is 0.364. The lowest BCUT2D eigenvalue weighted by Crippen LogP contribution is -2.48. The minimum absolute atomic E-state index is 0.705. The second-order valence-electron chi connectivity index (χ2n) is 3.33. The number of Topliss-reactive ketones (excluding diaryl/α,β-unsaturated/α-hetero) is 1. The largest absolute Gasteiger partial charge is 0.394 e. The van der Waals surface area contributed by atoms with E-state index in [1.54, 1.807) is 0 Å². The molecule has 0 aromatic carbocycles. The Kier molecular flexibility index (Phi) is 7.38. The highest BCUT2D eigenvalue weighted by Gasteiger charge is 2.33. The maximum Gasteiger partial charge on any atom is 0.272 e. The number of carbonyl (C=O) groups excluding carboxylic acids is 2. The van der Waals surface area contributed by atoms with Crippen LogP contribution in [0.5, 0.6) is 0 Å². The predicted molar refractivity (Wildman–Crippen MR) is 63.4 cm³/mol. The monoisotopic (exact) mass is 323 g/mol. The van der Waals surface area contributed by atoms with Gasteiger partial charge in [-0.25, -0.2) is 0 Å². The number of halogens is 3. The molecule has 5 N–H and O–H groups in total. The van der Waals surface area contributed by atoms with Crippen LogP contribution in [0.4, 0.5) is 0 Å². The zero-order valence-electron chi connectivity index (χ0n) is 8.89. The van der Waals surface area contributed by atoms with Gasteiger partial charge in [0, 0.05) is 0 Å². The summed E-state index contributed by atoms with van der Waals surface area (Å²) in [5.74, 6) is -2.09. The summed E-state index contributed by atoms with van der Waals surface area (Å²) in [5.41, 5.74) is 0. The molecule has 7 nitrogen and oxygen atoms in total. The average Bonchev–Trinajstić information content (AvgIpc) is 2.31. The first kappa shape index (κ1) is 17.8. The number of aliphatic hydroxyl groups excluding tert-OH is 4. The van der Waals surface area contributed by atoms with E-state index in [9.17, 15) is 19.8 Å². The fourth-order valence-electron chi connectivity index (χ4n) is 0.881. The molecule has 0 saturated carbocycles. The van der Waals surface area contributed by atoms with E-state index in [0.29, 0.717) is 0 Å². The Hall–Kier alpha value is -0.150. The lowest BCUT2D eigenvalue weighted by atomic mass is 10.0. The first-order valence-electron chi connectivity index (χ1n) is 4.64. The second kappa shape index (κ2) is 7.44. The molecule has 0 saturated heterocycles. The van der Waals surface area contributed by atoms with Crippen LogP contribution >= 0.6 is 34.8 Å². The molecule has 1 amide bonds. The Balaban J connectivity index is 4.30. The molecular weight excluding hydrogens is 312 g/mol. The Morgan fingerprint density at radius 1 is 1.17 bits per heavy atom. The highest BCUT2D eigenvalue weighted by Crippen LogP contribution is 2.25. The third-order valence-electron chi connectivity index (χ3n) is 1.92. The van der Waals surface area contributed by atoms with Crippen LogP contribution in [0.1, 0.15) is 0 Å². The van der Waals surface area contributed by atoms with Gasteiger partial charge in [0.25, 0.3) is 9.70 Å². The Morgan fingerprint density at radius 2 is 1.67 bits per heavy atom. The SMILES string of the molecule is O=C(CNC(=O)C(Cl)(Cl)Cl)[C@@H](O)[C@H](O)C(O)CO. The predicted octanol–water partition coefficient (Wildman–Crippen LogP) is -1.88. The van der Waals surface area contributed by atoms with Gasteiger partial charge in [-0.2, -0.15) is 0 Å². The summed E-state index contributed by atoms with van der Waals surface area (Å²) in [7, 11) is 0. The van der Waals surface area contributed by atoms with Gasteiger partial charge in [0.2, 0.25) is 0 Å². The standard InChI is InChI=1S/C8H12Cl3NO6/c9-8(10,11)7(18)12-1-3(14)5(16)6(17)4(15)2-13/h4-6,13,15-17H,1-2H2,(H,12,18)/t4?,5-,6-/m1/s1. The highest BCUT2D eigenvalue weighted by atomic mass is 35.6. The number of amides is 1. The lowest BCUT2D eigenvalue weighted by molar-refractivity contribution is -0.140. The second-order valence-corrected chi connectivity index (χ2v) is 5.61. The first-order chi connectivity index (χ1) is 8.11. The molecule has 0 radical (unpaired) electrons. The third-order valence-corrected chi connectivity index (χ3v) is 2.43. The van der Waals surface area contributed by atoms with Gasteiger partial charge in [-0.3, -0.25) is 9.59 Å². The molecule has 0 spiro atoms. The van der Waals surface area contributed by atoms with Gasteiger partial charge in [-0.15, -0.1) is 0 Å². The molecule has 0 heterocycles. The minimum atomic E-state index is -2.26. The molecule has 0 fully saturated rings.